The van der Waals surface area contributed by atoms with Crippen LogP contribution in [0.2, 0.25) is 0 Å². The van der Waals surface area contributed by atoms with Gasteiger partial charge in [-0.3, -0.25) is 4.79 Å². The van der Waals surface area contributed by atoms with Gasteiger partial charge >= 0.3 is 0 Å². The normalized spacial score (nSPS) is 17.4. The van der Waals surface area contributed by atoms with Gasteiger partial charge in [0.1, 0.15) is 5.75 Å². The maximum Gasteiger partial charge on any atom is 0.248 e. The highest BCUT2D eigenvalue weighted by Gasteiger charge is 2.29. The second kappa shape index (κ2) is 6.49. The van der Waals surface area contributed by atoms with E-state index in [0.717, 1.165) is 22.1 Å². The first kappa shape index (κ1) is 16.3. The highest BCUT2D eigenvalue weighted by molar-refractivity contribution is 7.80. The molecular formula is C18H19N3O2S. The second-order valence-electron chi connectivity index (χ2n) is 5.57. The molecule has 2 aromatic rings. The highest BCUT2D eigenvalue weighted by Crippen LogP contribution is 2.35. The van der Waals surface area contributed by atoms with Crippen LogP contribution in [0.1, 0.15) is 25.5 Å². The van der Waals surface area contributed by atoms with Crippen LogP contribution in [0.15, 0.2) is 47.7 Å². The summed E-state index contributed by atoms with van der Waals surface area (Å²) in [7, 11) is 0. The van der Waals surface area contributed by atoms with Gasteiger partial charge < -0.3 is 21.1 Å². The molecule has 1 atom stereocenters. The monoisotopic (exact) mass is 341 g/mol. The fraction of sp³-hybridized carbons (Fsp3) is 0.222. The van der Waals surface area contributed by atoms with E-state index in [4.69, 9.17) is 22.7 Å². The summed E-state index contributed by atoms with van der Waals surface area (Å²) in [5.74, 6) is 0.340. The van der Waals surface area contributed by atoms with Gasteiger partial charge in [-0.05, 0) is 43.1 Å². The molecule has 1 heterocycles. The number of fused-ring (bicyclic) bond motifs is 1. The molecule has 2 aromatic carbocycles. The number of hydrogen-bond donors (Lipinski definition) is 3. The lowest BCUT2D eigenvalue weighted by Crippen LogP contribution is -2.46. The number of rotatable bonds is 4. The molecule has 4 N–H and O–H groups in total. The lowest BCUT2D eigenvalue weighted by atomic mass is 9.91. The van der Waals surface area contributed by atoms with E-state index in [-0.39, 0.29) is 0 Å². The Bertz CT molecular complexity index is 860. The third-order valence-corrected chi connectivity index (χ3v) is 4.28. The number of amides is 1. The summed E-state index contributed by atoms with van der Waals surface area (Å²) >= 11 is 5.26. The van der Waals surface area contributed by atoms with Crippen molar-refractivity contribution in [1.82, 2.24) is 10.6 Å². The van der Waals surface area contributed by atoms with Crippen molar-refractivity contribution < 1.29 is 9.53 Å². The molecule has 5 nitrogen and oxygen atoms in total. The molecule has 24 heavy (non-hydrogen) atoms. The molecule has 0 saturated heterocycles. The van der Waals surface area contributed by atoms with Crippen LogP contribution in [0.25, 0.3) is 10.8 Å². The van der Waals surface area contributed by atoms with Crippen molar-refractivity contribution in [3.63, 3.8) is 0 Å². The quantitative estimate of drug-likeness (QED) is 0.745. The largest absolute Gasteiger partial charge is 0.493 e. The minimum atomic E-state index is -0.474. The molecule has 1 aliphatic rings. The third-order valence-electron chi connectivity index (χ3n) is 4.06. The molecule has 124 valence electrons. The first-order valence-electron chi connectivity index (χ1n) is 7.75. The number of ether oxygens (including phenoxy) is 1. The molecule has 0 radical (unpaired) electrons. The number of thiocarbonyl (C=S) groups is 1. The van der Waals surface area contributed by atoms with Crippen molar-refractivity contribution in [2.24, 2.45) is 5.73 Å². The summed E-state index contributed by atoms with van der Waals surface area (Å²) < 4.78 is 5.72. The zero-order valence-electron chi connectivity index (χ0n) is 13.6. The van der Waals surface area contributed by atoms with Crippen molar-refractivity contribution in [1.29, 1.82) is 0 Å². The first-order valence-corrected chi connectivity index (χ1v) is 8.16. The predicted octanol–water partition coefficient (Wildman–Crippen LogP) is 2.52. The molecule has 1 aliphatic heterocycles. The van der Waals surface area contributed by atoms with Crippen LogP contribution in [0.5, 0.6) is 5.75 Å². The molecule has 0 fully saturated rings. The Morgan fingerprint density at radius 3 is 2.62 bits per heavy atom. The van der Waals surface area contributed by atoms with E-state index in [1.54, 1.807) is 6.92 Å². The second-order valence-corrected chi connectivity index (χ2v) is 5.97. The first-order chi connectivity index (χ1) is 11.5. The van der Waals surface area contributed by atoms with E-state index in [1.807, 2.05) is 43.3 Å². The number of nitrogens with two attached hydrogens (primary N) is 1. The van der Waals surface area contributed by atoms with Crippen LogP contribution >= 0.6 is 12.2 Å². The zero-order valence-corrected chi connectivity index (χ0v) is 14.4. The maximum absolute atomic E-state index is 12.0. The average Bonchev–Trinajstić information content (AvgIpc) is 2.54. The predicted molar refractivity (Wildman–Crippen MR) is 98.6 cm³/mol. The maximum atomic E-state index is 12.0. The zero-order chi connectivity index (χ0) is 17.3. The number of carbonyl (C=O) groups is 1. The molecule has 0 spiro atoms. The molecule has 3 rings (SSSR count). The van der Waals surface area contributed by atoms with Crippen molar-refractivity contribution in [2.45, 2.75) is 19.9 Å². The summed E-state index contributed by atoms with van der Waals surface area (Å²) in [6.07, 6.45) is 0. The lowest BCUT2D eigenvalue weighted by molar-refractivity contribution is -0.115. The van der Waals surface area contributed by atoms with Crippen molar-refractivity contribution in [3.05, 3.63) is 53.2 Å². The Morgan fingerprint density at radius 1 is 1.25 bits per heavy atom. The van der Waals surface area contributed by atoms with Crippen molar-refractivity contribution in [2.75, 3.05) is 6.61 Å². The Kier molecular flexibility index (Phi) is 4.40. The number of nitrogens with one attached hydrogen (secondary N) is 2. The summed E-state index contributed by atoms with van der Waals surface area (Å²) in [5, 5.41) is 8.58. The van der Waals surface area contributed by atoms with Gasteiger partial charge in [0.2, 0.25) is 5.91 Å². The van der Waals surface area contributed by atoms with Gasteiger partial charge in [0.05, 0.1) is 18.2 Å². The van der Waals surface area contributed by atoms with Crippen LogP contribution in [0, 0.1) is 0 Å². The standard InChI is InChI=1S/C18H19N3O2S/c1-3-23-14-9-8-13(11-6-4-5-7-12(11)14)16-15(17(19)22)10(2)20-18(24)21-16/h4-9,16H,3H2,1-2H3,(H2,19,22)(H2,20,21,24). The Balaban J connectivity index is 2.22. The smallest absolute Gasteiger partial charge is 0.248 e. The average molecular weight is 341 g/mol. The number of hydrogen-bond acceptors (Lipinski definition) is 3. The van der Waals surface area contributed by atoms with Crippen LogP contribution < -0.4 is 21.1 Å². The van der Waals surface area contributed by atoms with Gasteiger partial charge in [0.15, 0.2) is 5.11 Å². The molecular weight excluding hydrogens is 322 g/mol. The molecule has 0 aromatic heterocycles. The van der Waals surface area contributed by atoms with Gasteiger partial charge in [-0.2, -0.15) is 0 Å². The van der Waals surface area contributed by atoms with Crippen LogP contribution in [0.3, 0.4) is 0 Å². The molecule has 6 heteroatoms. The number of primary amides is 1. The minimum absolute atomic E-state index is 0.392. The van der Waals surface area contributed by atoms with Gasteiger partial charge in [0.25, 0.3) is 0 Å². The van der Waals surface area contributed by atoms with E-state index in [0.29, 0.717) is 23.0 Å². The summed E-state index contributed by atoms with van der Waals surface area (Å²) in [6.45, 7) is 4.34. The molecule has 0 saturated carbocycles. The van der Waals surface area contributed by atoms with Crippen LogP contribution in [-0.2, 0) is 4.79 Å². The fourth-order valence-corrected chi connectivity index (χ4v) is 3.35. The minimum Gasteiger partial charge on any atom is -0.493 e. The van der Waals surface area contributed by atoms with Crippen LogP contribution in [-0.4, -0.2) is 17.6 Å². The van der Waals surface area contributed by atoms with Gasteiger partial charge in [0, 0.05) is 11.1 Å². The van der Waals surface area contributed by atoms with E-state index in [1.165, 1.54) is 0 Å². The molecule has 0 bridgehead atoms. The summed E-state index contributed by atoms with van der Waals surface area (Å²) in [5.41, 5.74) is 7.70. The van der Waals surface area contributed by atoms with Gasteiger partial charge in [-0.1, -0.05) is 30.3 Å². The third kappa shape index (κ3) is 2.80. The Morgan fingerprint density at radius 2 is 1.96 bits per heavy atom. The fourth-order valence-electron chi connectivity index (χ4n) is 3.08. The Labute approximate surface area is 145 Å². The lowest BCUT2D eigenvalue weighted by Gasteiger charge is -2.30. The van der Waals surface area contributed by atoms with Crippen LogP contribution in [0.4, 0.5) is 0 Å². The number of benzene rings is 2. The Hall–Kier alpha value is -2.60. The van der Waals surface area contributed by atoms with Crippen molar-refractivity contribution >= 4 is 34.0 Å². The number of allylic oxidation sites excluding steroid dienone is 1. The van der Waals surface area contributed by atoms with Gasteiger partial charge in [-0.25, -0.2) is 0 Å². The van der Waals surface area contributed by atoms with Crippen molar-refractivity contribution in [3.8, 4) is 5.75 Å². The van der Waals surface area contributed by atoms with Gasteiger partial charge in [-0.15, -0.1) is 0 Å². The van der Waals surface area contributed by atoms with E-state index < -0.39 is 11.9 Å². The summed E-state index contributed by atoms with van der Waals surface area (Å²) in [4.78, 5) is 12.0. The highest BCUT2D eigenvalue weighted by atomic mass is 32.1. The SMILES string of the molecule is CCOc1ccc(C2NC(=S)NC(C)=C2C(N)=O)c2ccccc12. The molecule has 1 unspecified atom stereocenters. The van der Waals surface area contributed by atoms with E-state index >= 15 is 0 Å². The molecule has 1 amide bonds. The molecule has 0 aliphatic carbocycles. The summed E-state index contributed by atoms with van der Waals surface area (Å²) in [6, 6.07) is 11.4. The number of carbonyl (C=O) groups excluding carboxylic acids is 1. The van der Waals surface area contributed by atoms with E-state index in [2.05, 4.69) is 10.6 Å². The topological polar surface area (TPSA) is 76.4 Å². The van der Waals surface area contributed by atoms with E-state index in [9.17, 15) is 4.79 Å².